The Kier molecular flexibility index (Phi) is 4.96. The summed E-state index contributed by atoms with van der Waals surface area (Å²) in [4.78, 5) is 6.25. The zero-order valence-corrected chi connectivity index (χ0v) is 11.6. The van der Waals surface area contributed by atoms with Crippen LogP contribution in [-0.2, 0) is 0 Å². The maximum absolute atomic E-state index is 8.99. The fraction of sp³-hybridized carbons (Fsp3) is 0.250. The number of pyridine rings is 1. The zero-order valence-electron chi connectivity index (χ0n) is 11.6. The summed E-state index contributed by atoms with van der Waals surface area (Å²) < 4.78 is 0. The molecule has 2 aromatic rings. The maximum atomic E-state index is 8.99. The van der Waals surface area contributed by atoms with Crippen molar-refractivity contribution in [2.75, 3.05) is 30.4 Å². The number of anilines is 2. The molecule has 20 heavy (non-hydrogen) atoms. The molecule has 0 bridgehead atoms. The number of para-hydroxylation sites is 1. The van der Waals surface area contributed by atoms with Gasteiger partial charge in [0.25, 0.3) is 0 Å². The number of nitrogens with zero attached hydrogens (tertiary/aromatic N) is 3. The van der Waals surface area contributed by atoms with E-state index in [1.165, 1.54) is 5.69 Å². The van der Waals surface area contributed by atoms with Gasteiger partial charge in [0.15, 0.2) is 0 Å². The molecule has 0 aliphatic rings. The summed E-state index contributed by atoms with van der Waals surface area (Å²) in [5.41, 5.74) is 2.65. The molecule has 0 aliphatic heterocycles. The first-order chi connectivity index (χ1) is 9.81. The lowest BCUT2D eigenvalue weighted by atomic mass is 10.2. The molecular formula is C16H18N4. The van der Waals surface area contributed by atoms with Crippen molar-refractivity contribution >= 4 is 11.4 Å². The third kappa shape index (κ3) is 3.72. The first-order valence-electron chi connectivity index (χ1n) is 6.65. The molecule has 0 aliphatic carbocycles. The van der Waals surface area contributed by atoms with Gasteiger partial charge >= 0.3 is 0 Å². The van der Waals surface area contributed by atoms with E-state index in [0.717, 1.165) is 25.2 Å². The Balaban J connectivity index is 1.78. The Morgan fingerprint density at radius 3 is 2.80 bits per heavy atom. The van der Waals surface area contributed by atoms with E-state index in [-0.39, 0.29) is 0 Å². The largest absolute Gasteiger partial charge is 0.383 e. The monoisotopic (exact) mass is 266 g/mol. The Hall–Kier alpha value is -2.54. The number of aromatic nitrogens is 1. The Morgan fingerprint density at radius 1 is 1.25 bits per heavy atom. The van der Waals surface area contributed by atoms with E-state index in [2.05, 4.69) is 40.5 Å². The second kappa shape index (κ2) is 7.15. The topological polar surface area (TPSA) is 52.0 Å². The molecule has 0 fully saturated rings. The molecule has 1 N–H and O–H groups in total. The molecule has 1 aromatic carbocycles. The smallest absolute Gasteiger partial charge is 0.101 e. The van der Waals surface area contributed by atoms with Crippen molar-refractivity contribution in [1.82, 2.24) is 4.98 Å². The number of rotatable bonds is 6. The van der Waals surface area contributed by atoms with Crippen LogP contribution < -0.4 is 10.2 Å². The molecule has 4 heteroatoms. The fourth-order valence-electron chi connectivity index (χ4n) is 1.98. The summed E-state index contributed by atoms with van der Waals surface area (Å²) >= 11 is 0. The van der Waals surface area contributed by atoms with Crippen LogP contribution in [0.3, 0.4) is 0 Å². The Morgan fingerprint density at radius 2 is 2.05 bits per heavy atom. The Bertz CT molecular complexity index is 575. The van der Waals surface area contributed by atoms with Gasteiger partial charge in [-0.3, -0.25) is 4.98 Å². The van der Waals surface area contributed by atoms with Crippen LogP contribution in [0, 0.1) is 11.3 Å². The summed E-state index contributed by atoms with van der Waals surface area (Å²) in [6.45, 7) is 1.77. The number of nitriles is 1. The maximum Gasteiger partial charge on any atom is 0.101 e. The molecule has 0 saturated heterocycles. The van der Waals surface area contributed by atoms with Gasteiger partial charge in [0, 0.05) is 32.0 Å². The third-order valence-electron chi connectivity index (χ3n) is 3.12. The van der Waals surface area contributed by atoms with Gasteiger partial charge in [-0.25, -0.2) is 0 Å². The number of nitrogens with one attached hydrogen (secondary N) is 1. The van der Waals surface area contributed by atoms with Gasteiger partial charge < -0.3 is 10.2 Å². The lowest BCUT2D eigenvalue weighted by Crippen LogP contribution is -2.20. The highest BCUT2D eigenvalue weighted by Gasteiger charge is 2.02. The highest BCUT2D eigenvalue weighted by atomic mass is 15.1. The van der Waals surface area contributed by atoms with E-state index in [9.17, 15) is 0 Å². The van der Waals surface area contributed by atoms with E-state index < -0.39 is 0 Å². The lowest BCUT2D eigenvalue weighted by molar-refractivity contribution is 0.816. The van der Waals surface area contributed by atoms with Crippen LogP contribution >= 0.6 is 0 Å². The van der Waals surface area contributed by atoms with Gasteiger partial charge in [-0.15, -0.1) is 0 Å². The van der Waals surface area contributed by atoms with Crippen LogP contribution in [0.1, 0.15) is 12.0 Å². The molecule has 0 radical (unpaired) electrons. The van der Waals surface area contributed by atoms with Gasteiger partial charge in [0.2, 0.25) is 0 Å². The van der Waals surface area contributed by atoms with Crippen molar-refractivity contribution < 1.29 is 0 Å². The summed E-state index contributed by atoms with van der Waals surface area (Å²) in [5, 5.41) is 12.2. The van der Waals surface area contributed by atoms with E-state index in [1.807, 2.05) is 18.2 Å². The molecule has 0 amide bonds. The average Bonchev–Trinajstić information content (AvgIpc) is 2.52. The highest BCUT2D eigenvalue weighted by molar-refractivity contribution is 5.55. The first kappa shape index (κ1) is 13.9. The quantitative estimate of drug-likeness (QED) is 0.817. The average molecular weight is 266 g/mol. The summed E-state index contributed by atoms with van der Waals surface area (Å²) in [6.07, 6.45) is 4.32. The molecule has 0 saturated carbocycles. The predicted octanol–water partition coefficient (Wildman–Crippen LogP) is 2.89. The van der Waals surface area contributed by atoms with E-state index in [1.54, 1.807) is 18.5 Å². The number of benzene rings is 1. The molecule has 0 spiro atoms. The fourth-order valence-corrected chi connectivity index (χ4v) is 1.98. The second-order valence-corrected chi connectivity index (χ2v) is 4.57. The van der Waals surface area contributed by atoms with Crippen molar-refractivity contribution in [2.45, 2.75) is 6.42 Å². The standard InChI is InChI=1S/C16H18N4/c1-20(15-6-3-2-4-7-15)11-5-9-19-16-13-18-10-8-14(16)12-17/h2-4,6-8,10,13,19H,5,9,11H2,1H3. The van der Waals surface area contributed by atoms with Crippen LogP contribution in [-0.4, -0.2) is 25.1 Å². The molecule has 1 aromatic heterocycles. The molecule has 1 heterocycles. The minimum Gasteiger partial charge on any atom is -0.383 e. The van der Waals surface area contributed by atoms with Gasteiger partial charge in [-0.1, -0.05) is 18.2 Å². The SMILES string of the molecule is CN(CCCNc1cnccc1C#N)c1ccccc1. The molecule has 102 valence electrons. The van der Waals surface area contributed by atoms with E-state index >= 15 is 0 Å². The molecular weight excluding hydrogens is 248 g/mol. The van der Waals surface area contributed by atoms with Crippen molar-refractivity contribution in [2.24, 2.45) is 0 Å². The van der Waals surface area contributed by atoms with Crippen molar-refractivity contribution in [1.29, 1.82) is 5.26 Å². The molecule has 2 rings (SSSR count). The van der Waals surface area contributed by atoms with Crippen LogP contribution in [0.15, 0.2) is 48.8 Å². The molecule has 0 unspecified atom stereocenters. The minimum absolute atomic E-state index is 0.636. The first-order valence-corrected chi connectivity index (χ1v) is 6.65. The predicted molar refractivity (Wildman–Crippen MR) is 81.8 cm³/mol. The third-order valence-corrected chi connectivity index (χ3v) is 3.12. The molecule has 4 nitrogen and oxygen atoms in total. The van der Waals surface area contributed by atoms with Gasteiger partial charge in [-0.05, 0) is 24.6 Å². The summed E-state index contributed by atoms with van der Waals surface area (Å²) in [5.74, 6) is 0. The minimum atomic E-state index is 0.636. The number of hydrogen-bond donors (Lipinski definition) is 1. The normalized spacial score (nSPS) is 9.80. The van der Waals surface area contributed by atoms with Gasteiger partial charge in [0.05, 0.1) is 17.4 Å². The summed E-state index contributed by atoms with van der Waals surface area (Å²) in [6, 6.07) is 14.2. The van der Waals surface area contributed by atoms with E-state index in [4.69, 9.17) is 5.26 Å². The second-order valence-electron chi connectivity index (χ2n) is 4.57. The lowest BCUT2D eigenvalue weighted by Gasteiger charge is -2.19. The van der Waals surface area contributed by atoms with Crippen LogP contribution in [0.25, 0.3) is 0 Å². The van der Waals surface area contributed by atoms with Gasteiger partial charge in [0.1, 0.15) is 6.07 Å². The Labute approximate surface area is 119 Å². The van der Waals surface area contributed by atoms with Crippen LogP contribution in [0.5, 0.6) is 0 Å². The summed E-state index contributed by atoms with van der Waals surface area (Å²) in [7, 11) is 2.08. The molecule has 0 atom stereocenters. The highest BCUT2D eigenvalue weighted by Crippen LogP contribution is 2.13. The van der Waals surface area contributed by atoms with Crippen molar-refractivity contribution in [3.63, 3.8) is 0 Å². The zero-order chi connectivity index (χ0) is 14.2. The van der Waals surface area contributed by atoms with Gasteiger partial charge in [-0.2, -0.15) is 5.26 Å². The van der Waals surface area contributed by atoms with E-state index in [0.29, 0.717) is 5.56 Å². The van der Waals surface area contributed by atoms with Crippen LogP contribution in [0.2, 0.25) is 0 Å². The van der Waals surface area contributed by atoms with Crippen LogP contribution in [0.4, 0.5) is 11.4 Å². The van der Waals surface area contributed by atoms with Crippen molar-refractivity contribution in [3.05, 3.63) is 54.4 Å². The van der Waals surface area contributed by atoms with Crippen molar-refractivity contribution in [3.8, 4) is 6.07 Å². The number of hydrogen-bond acceptors (Lipinski definition) is 4.